The molecule has 4 aliphatic rings. The van der Waals surface area contributed by atoms with Crippen molar-refractivity contribution < 1.29 is 0 Å². The van der Waals surface area contributed by atoms with E-state index in [4.69, 9.17) is 0 Å². The van der Waals surface area contributed by atoms with Crippen LogP contribution in [-0.4, -0.2) is 6.71 Å². The molecule has 0 bridgehead atoms. The summed E-state index contributed by atoms with van der Waals surface area (Å²) >= 11 is 2.03. The molecule has 0 spiro atoms. The minimum atomic E-state index is -0.103. The monoisotopic (exact) mass is 762 g/mol. The summed E-state index contributed by atoms with van der Waals surface area (Å²) in [5, 5.41) is 1.41. The topological polar surface area (TPSA) is 6.48 Å². The highest BCUT2D eigenvalue weighted by Crippen LogP contribution is 2.52. The fourth-order valence-corrected chi connectivity index (χ4v) is 11.5. The van der Waals surface area contributed by atoms with Gasteiger partial charge in [-0.05, 0) is 115 Å². The van der Waals surface area contributed by atoms with Crippen molar-refractivity contribution in [3.63, 3.8) is 0 Å². The third kappa shape index (κ3) is 5.42. The second-order valence-electron chi connectivity index (χ2n) is 20.7. The fraction of sp³-hybridized carbons (Fsp3) is 0.321. The molecule has 0 saturated heterocycles. The van der Waals surface area contributed by atoms with E-state index in [1.165, 1.54) is 93.0 Å². The molecule has 3 heterocycles. The van der Waals surface area contributed by atoms with Crippen LogP contribution in [0.1, 0.15) is 105 Å². The third-order valence-electron chi connectivity index (χ3n) is 13.6. The molecule has 286 valence electrons. The Bertz CT molecular complexity index is 2750. The predicted molar refractivity (Wildman–Crippen MR) is 249 cm³/mol. The summed E-state index contributed by atoms with van der Waals surface area (Å²) in [6, 6.07) is 40.2. The van der Waals surface area contributed by atoms with Crippen LogP contribution in [0.15, 0.2) is 103 Å². The average Bonchev–Trinajstić information content (AvgIpc) is 3.65. The predicted octanol–water partition coefficient (Wildman–Crippen LogP) is 11.4. The van der Waals surface area contributed by atoms with E-state index in [1.807, 2.05) is 11.3 Å². The summed E-state index contributed by atoms with van der Waals surface area (Å²) in [6.45, 7) is 26.0. The van der Waals surface area contributed by atoms with Crippen LogP contribution >= 0.6 is 11.3 Å². The summed E-state index contributed by atoms with van der Waals surface area (Å²) < 4.78 is 2.88. The van der Waals surface area contributed by atoms with E-state index >= 15 is 0 Å². The Labute approximate surface area is 344 Å². The molecule has 1 aromatic heterocycles. The Morgan fingerprint density at radius 3 is 1.84 bits per heavy atom. The maximum absolute atomic E-state index is 2.63. The molecule has 57 heavy (non-hydrogen) atoms. The van der Waals surface area contributed by atoms with E-state index in [-0.39, 0.29) is 28.4 Å². The van der Waals surface area contributed by atoms with Gasteiger partial charge in [-0.3, -0.25) is 0 Å². The minimum absolute atomic E-state index is 0.0726. The Balaban J connectivity index is 1.30. The summed E-state index contributed by atoms with van der Waals surface area (Å²) in [5.41, 5.74) is 18.9. The third-order valence-corrected chi connectivity index (χ3v) is 14.8. The summed E-state index contributed by atoms with van der Waals surface area (Å²) in [4.78, 5) is 5.21. The van der Waals surface area contributed by atoms with E-state index in [2.05, 4.69) is 201 Å². The fourth-order valence-electron chi connectivity index (χ4n) is 10.2. The Hall–Kier alpha value is -4.80. The van der Waals surface area contributed by atoms with E-state index in [9.17, 15) is 0 Å². The van der Waals surface area contributed by atoms with Gasteiger partial charge in [-0.25, -0.2) is 0 Å². The van der Waals surface area contributed by atoms with Crippen LogP contribution in [0.3, 0.4) is 0 Å². The van der Waals surface area contributed by atoms with Gasteiger partial charge in [0.1, 0.15) is 0 Å². The zero-order valence-electron chi connectivity index (χ0n) is 35.6. The van der Waals surface area contributed by atoms with Gasteiger partial charge in [-0.1, -0.05) is 149 Å². The van der Waals surface area contributed by atoms with Crippen molar-refractivity contribution in [1.29, 1.82) is 0 Å². The number of thiophene rings is 1. The summed E-state index contributed by atoms with van der Waals surface area (Å²) in [5.74, 6) is 0.467. The van der Waals surface area contributed by atoms with Crippen molar-refractivity contribution in [2.75, 3.05) is 9.80 Å². The Morgan fingerprint density at radius 1 is 0.632 bits per heavy atom. The van der Waals surface area contributed by atoms with E-state index in [0.29, 0.717) is 5.92 Å². The molecular weight excluding hydrogens is 707 g/mol. The molecule has 5 aromatic carbocycles. The molecule has 0 radical (unpaired) electrons. The largest absolute Gasteiger partial charge is 0.311 e. The van der Waals surface area contributed by atoms with Crippen molar-refractivity contribution in [2.45, 2.75) is 98.8 Å². The number of benzene rings is 5. The van der Waals surface area contributed by atoms with Gasteiger partial charge in [0.15, 0.2) is 0 Å². The van der Waals surface area contributed by atoms with Gasteiger partial charge in [0, 0.05) is 48.4 Å². The number of hydrogen-bond acceptors (Lipinski definition) is 3. The van der Waals surface area contributed by atoms with Gasteiger partial charge in [-0.15, -0.1) is 11.3 Å². The van der Waals surface area contributed by atoms with Crippen LogP contribution in [0.25, 0.3) is 23.3 Å². The first-order valence-corrected chi connectivity index (χ1v) is 21.8. The molecule has 4 heteroatoms. The molecule has 1 atom stereocenters. The highest BCUT2D eigenvalue weighted by Gasteiger charge is 2.47. The molecule has 0 fully saturated rings. The van der Waals surface area contributed by atoms with Crippen LogP contribution in [0.5, 0.6) is 0 Å². The van der Waals surface area contributed by atoms with Crippen molar-refractivity contribution in [1.82, 2.24) is 0 Å². The quantitative estimate of drug-likeness (QED) is 0.162. The van der Waals surface area contributed by atoms with Crippen LogP contribution in [0.4, 0.5) is 34.1 Å². The smallest absolute Gasteiger partial charge is 0.264 e. The molecular formula is C53H55BN2S. The molecule has 2 aliphatic carbocycles. The van der Waals surface area contributed by atoms with Gasteiger partial charge in [-0.2, -0.15) is 0 Å². The van der Waals surface area contributed by atoms with Gasteiger partial charge < -0.3 is 9.80 Å². The highest BCUT2D eigenvalue weighted by molar-refractivity contribution is 7.28. The lowest BCUT2D eigenvalue weighted by molar-refractivity contribution is 0.314. The van der Waals surface area contributed by atoms with E-state index in [0.717, 1.165) is 6.42 Å². The summed E-state index contributed by atoms with van der Waals surface area (Å²) in [6.07, 6.45) is 6.26. The molecule has 0 amide bonds. The summed E-state index contributed by atoms with van der Waals surface area (Å²) in [7, 11) is 0. The SMILES string of the molecule is CC(C)(C)c1ccc(N2c3cc4c(cc3B3c5sc6c(c5N(c5ccc(C(C)(C)C)cc5)c5cccc2c53)=CC(C(C)(C)C)CC=6)C(C)(C)c2ccccc2-4)cc1. The van der Waals surface area contributed by atoms with Crippen LogP contribution < -0.4 is 35.3 Å². The molecule has 0 N–H and O–H groups in total. The zero-order valence-corrected chi connectivity index (χ0v) is 36.5. The minimum Gasteiger partial charge on any atom is -0.311 e. The van der Waals surface area contributed by atoms with E-state index in [1.54, 1.807) is 0 Å². The molecule has 1 unspecified atom stereocenters. The maximum atomic E-state index is 2.63. The maximum Gasteiger partial charge on any atom is 0.264 e. The lowest BCUT2D eigenvalue weighted by Crippen LogP contribution is -2.61. The van der Waals surface area contributed by atoms with Crippen molar-refractivity contribution >= 4 is 80.0 Å². The molecule has 2 aliphatic heterocycles. The van der Waals surface area contributed by atoms with E-state index < -0.39 is 0 Å². The average molecular weight is 763 g/mol. The van der Waals surface area contributed by atoms with Gasteiger partial charge >= 0.3 is 0 Å². The van der Waals surface area contributed by atoms with Crippen LogP contribution in [0.2, 0.25) is 0 Å². The number of fused-ring (bicyclic) bond motifs is 9. The molecule has 2 nitrogen and oxygen atoms in total. The standard InChI is InChI=1S/C53H55BN2S/c1-50(2,3)32-19-24-35(25-20-32)55-43-17-14-18-44-47(43)54(42-31-41-38(30-45(42)55)37-15-12-13-16-40(37)53(41,10)11)49-48(39-29-34(52(7,8)9)23-28-46(39)57-49)56(44)36-26-21-33(22-27-36)51(4,5)6/h12-22,24-31,34H,23H2,1-11H3. The van der Waals surface area contributed by atoms with Crippen LogP contribution in [-0.2, 0) is 16.2 Å². The van der Waals surface area contributed by atoms with Gasteiger partial charge in [0.25, 0.3) is 6.71 Å². The highest BCUT2D eigenvalue weighted by atomic mass is 32.1. The number of nitrogens with zero attached hydrogens (tertiary/aromatic N) is 2. The normalized spacial score (nSPS) is 17.5. The van der Waals surface area contributed by atoms with Crippen molar-refractivity contribution in [3.05, 3.63) is 135 Å². The van der Waals surface area contributed by atoms with Gasteiger partial charge in [0.2, 0.25) is 0 Å². The number of anilines is 6. The van der Waals surface area contributed by atoms with Crippen molar-refractivity contribution in [3.8, 4) is 11.1 Å². The number of rotatable bonds is 2. The second kappa shape index (κ2) is 12.1. The number of hydrogen-bond donors (Lipinski definition) is 0. The molecule has 0 saturated carbocycles. The first-order valence-electron chi connectivity index (χ1n) is 21.0. The first kappa shape index (κ1) is 36.5. The second-order valence-corrected chi connectivity index (χ2v) is 21.8. The van der Waals surface area contributed by atoms with Gasteiger partial charge in [0.05, 0.1) is 5.69 Å². The van der Waals surface area contributed by atoms with Crippen molar-refractivity contribution in [2.24, 2.45) is 11.3 Å². The van der Waals surface area contributed by atoms with Crippen LogP contribution in [0, 0.1) is 11.3 Å². The zero-order chi connectivity index (χ0) is 40.0. The first-order chi connectivity index (χ1) is 26.9. The lowest BCUT2D eigenvalue weighted by atomic mass is 9.36. The Kier molecular flexibility index (Phi) is 7.77. The lowest BCUT2D eigenvalue weighted by Gasteiger charge is -2.43. The molecule has 6 aromatic rings. The Morgan fingerprint density at radius 2 is 1.23 bits per heavy atom. The molecule has 10 rings (SSSR count).